The Balaban J connectivity index is 3.27. The molecule has 1 aromatic carbocycles. The van der Waals surface area contributed by atoms with Crippen LogP contribution < -0.4 is 5.32 Å². The van der Waals surface area contributed by atoms with Gasteiger partial charge in [0.2, 0.25) is 0 Å². The molecule has 0 spiro atoms. The zero-order valence-corrected chi connectivity index (χ0v) is 16.3. The van der Waals surface area contributed by atoms with Crippen LogP contribution in [-0.4, -0.2) is 36.8 Å². The van der Waals surface area contributed by atoms with Crippen LogP contribution in [0.2, 0.25) is 0 Å². The van der Waals surface area contributed by atoms with E-state index in [1.165, 1.54) is 25.1 Å². The molecule has 0 unspecified atom stereocenters. The molecule has 0 aromatic heterocycles. The molecule has 0 aliphatic heterocycles. The minimum atomic E-state index is -0.677. The lowest BCUT2D eigenvalue weighted by atomic mass is 10.0. The van der Waals surface area contributed by atoms with Crippen LogP contribution in [-0.2, 0) is 19.0 Å². The van der Waals surface area contributed by atoms with Crippen LogP contribution in [0, 0.1) is 0 Å². The molecule has 0 bridgehead atoms. The van der Waals surface area contributed by atoms with Crippen molar-refractivity contribution in [2.24, 2.45) is 0 Å². The van der Waals surface area contributed by atoms with Gasteiger partial charge in [-0.05, 0) is 45.9 Å². The standard InChI is InChI=1S/C20H25NO6/c1-7-14(12-26-13(3)22)16-11-15(18(23)25-8-2)9-10-17(16)21-19(24)27-20(4,5)6/h9-11H,1,8,12H2,2-6H3,(H,21,24). The summed E-state index contributed by atoms with van der Waals surface area (Å²) in [6.07, 6.45) is -0.663. The monoisotopic (exact) mass is 375 g/mol. The lowest BCUT2D eigenvalue weighted by Gasteiger charge is -2.21. The van der Waals surface area contributed by atoms with Crippen LogP contribution in [0.1, 0.15) is 50.5 Å². The molecule has 1 N–H and O–H groups in total. The van der Waals surface area contributed by atoms with E-state index in [9.17, 15) is 14.4 Å². The molecule has 1 amide bonds. The lowest BCUT2D eigenvalue weighted by Crippen LogP contribution is -2.27. The number of hydrogen-bond acceptors (Lipinski definition) is 6. The molecule has 0 saturated carbocycles. The summed E-state index contributed by atoms with van der Waals surface area (Å²) in [5.41, 5.74) is 3.44. The van der Waals surface area contributed by atoms with Crippen LogP contribution in [0.15, 0.2) is 30.5 Å². The quantitative estimate of drug-likeness (QED) is 0.460. The number of amides is 1. The van der Waals surface area contributed by atoms with Gasteiger partial charge in [-0.15, -0.1) is 5.73 Å². The second-order valence-electron chi connectivity index (χ2n) is 6.54. The van der Waals surface area contributed by atoms with Crippen molar-refractivity contribution in [2.45, 2.75) is 40.2 Å². The van der Waals surface area contributed by atoms with E-state index in [0.29, 0.717) is 16.8 Å². The Kier molecular flexibility index (Phi) is 7.81. The van der Waals surface area contributed by atoms with E-state index < -0.39 is 23.6 Å². The molecule has 7 heteroatoms. The Bertz CT molecular complexity index is 769. The van der Waals surface area contributed by atoms with E-state index in [0.717, 1.165) is 0 Å². The number of nitrogens with one attached hydrogen (secondary N) is 1. The van der Waals surface area contributed by atoms with Gasteiger partial charge in [-0.2, -0.15) is 0 Å². The number of hydrogen-bond donors (Lipinski definition) is 1. The van der Waals surface area contributed by atoms with E-state index in [-0.39, 0.29) is 18.8 Å². The van der Waals surface area contributed by atoms with Gasteiger partial charge in [-0.25, -0.2) is 9.59 Å². The number of esters is 2. The molecule has 7 nitrogen and oxygen atoms in total. The van der Waals surface area contributed by atoms with Crippen molar-refractivity contribution in [1.29, 1.82) is 0 Å². The van der Waals surface area contributed by atoms with Gasteiger partial charge in [0.25, 0.3) is 0 Å². The SMILES string of the molecule is C=C=C(COC(C)=O)c1cc(C(=O)OCC)ccc1NC(=O)OC(C)(C)C. The van der Waals surface area contributed by atoms with E-state index in [1.54, 1.807) is 27.7 Å². The number of rotatable bonds is 6. The van der Waals surface area contributed by atoms with Gasteiger partial charge >= 0.3 is 18.0 Å². The van der Waals surface area contributed by atoms with Gasteiger partial charge in [-0.3, -0.25) is 10.1 Å². The second kappa shape index (κ2) is 9.59. The molecule has 0 fully saturated rings. The van der Waals surface area contributed by atoms with Gasteiger partial charge in [0.1, 0.15) is 12.2 Å². The predicted molar refractivity (Wildman–Crippen MR) is 101 cm³/mol. The Morgan fingerprint density at radius 2 is 1.85 bits per heavy atom. The molecule has 0 aliphatic carbocycles. The van der Waals surface area contributed by atoms with E-state index >= 15 is 0 Å². The summed E-state index contributed by atoms with van der Waals surface area (Å²) >= 11 is 0. The van der Waals surface area contributed by atoms with Gasteiger partial charge in [0, 0.05) is 18.1 Å². The predicted octanol–water partition coefficient (Wildman–Crippen LogP) is 3.94. The first-order chi connectivity index (χ1) is 12.6. The largest absolute Gasteiger partial charge is 0.462 e. The minimum absolute atomic E-state index is 0.117. The summed E-state index contributed by atoms with van der Waals surface area (Å²) in [6, 6.07) is 4.57. The van der Waals surface area contributed by atoms with Crippen LogP contribution in [0.5, 0.6) is 0 Å². The Morgan fingerprint density at radius 1 is 1.19 bits per heavy atom. The van der Waals surface area contributed by atoms with Crippen LogP contribution in [0.25, 0.3) is 5.57 Å². The van der Waals surface area contributed by atoms with Crippen molar-refractivity contribution in [2.75, 3.05) is 18.5 Å². The number of ether oxygens (including phenoxy) is 3. The normalized spacial score (nSPS) is 10.4. The third kappa shape index (κ3) is 7.38. The maximum Gasteiger partial charge on any atom is 0.412 e. The van der Waals surface area contributed by atoms with Gasteiger partial charge in [-0.1, -0.05) is 6.58 Å². The zero-order valence-electron chi connectivity index (χ0n) is 16.3. The Labute approximate surface area is 159 Å². The maximum absolute atomic E-state index is 12.1. The molecule has 1 aromatic rings. The average molecular weight is 375 g/mol. The fourth-order valence-electron chi connectivity index (χ4n) is 2.06. The minimum Gasteiger partial charge on any atom is -0.462 e. The highest BCUT2D eigenvalue weighted by Gasteiger charge is 2.20. The molecule has 146 valence electrons. The average Bonchev–Trinajstić information content (AvgIpc) is 2.54. The molecule has 0 saturated heterocycles. The Morgan fingerprint density at radius 3 is 2.37 bits per heavy atom. The van der Waals surface area contributed by atoms with Gasteiger partial charge in [0.05, 0.1) is 17.9 Å². The third-order valence-electron chi connectivity index (χ3n) is 3.12. The fourth-order valence-corrected chi connectivity index (χ4v) is 2.06. The molecule has 1 rings (SSSR count). The van der Waals surface area contributed by atoms with Crippen molar-refractivity contribution in [3.63, 3.8) is 0 Å². The molecule has 0 heterocycles. The molecule has 0 radical (unpaired) electrons. The second-order valence-corrected chi connectivity index (χ2v) is 6.54. The summed E-state index contributed by atoms with van der Waals surface area (Å²) in [6.45, 7) is 11.9. The first kappa shape index (κ1) is 22.0. The molecular weight excluding hydrogens is 350 g/mol. The highest BCUT2D eigenvalue weighted by Crippen LogP contribution is 2.26. The summed E-state index contributed by atoms with van der Waals surface area (Å²) in [5.74, 6) is -0.996. The van der Waals surface area contributed by atoms with E-state index in [4.69, 9.17) is 14.2 Å². The van der Waals surface area contributed by atoms with Crippen molar-refractivity contribution < 1.29 is 28.6 Å². The highest BCUT2D eigenvalue weighted by molar-refractivity contribution is 5.95. The van der Waals surface area contributed by atoms with Crippen LogP contribution >= 0.6 is 0 Å². The molecule has 0 atom stereocenters. The van der Waals surface area contributed by atoms with E-state index in [1.807, 2.05) is 0 Å². The topological polar surface area (TPSA) is 90.9 Å². The molecule has 0 aliphatic rings. The summed E-state index contributed by atoms with van der Waals surface area (Å²) in [7, 11) is 0. The first-order valence-corrected chi connectivity index (χ1v) is 8.41. The molecular formula is C20H25NO6. The summed E-state index contributed by atoms with van der Waals surface area (Å²) in [5, 5.41) is 2.63. The summed E-state index contributed by atoms with van der Waals surface area (Å²) < 4.78 is 15.3. The number of carbonyl (C=O) groups excluding carboxylic acids is 3. The molecule has 27 heavy (non-hydrogen) atoms. The smallest absolute Gasteiger partial charge is 0.412 e. The van der Waals surface area contributed by atoms with Crippen molar-refractivity contribution in [3.8, 4) is 0 Å². The Hall–Kier alpha value is -3.05. The number of carbonyl (C=O) groups is 3. The van der Waals surface area contributed by atoms with Crippen molar-refractivity contribution in [1.82, 2.24) is 0 Å². The third-order valence-corrected chi connectivity index (χ3v) is 3.12. The van der Waals surface area contributed by atoms with Gasteiger partial charge < -0.3 is 14.2 Å². The highest BCUT2D eigenvalue weighted by atomic mass is 16.6. The van der Waals surface area contributed by atoms with Crippen LogP contribution in [0.4, 0.5) is 10.5 Å². The fraction of sp³-hybridized carbons (Fsp3) is 0.400. The first-order valence-electron chi connectivity index (χ1n) is 8.41. The van der Waals surface area contributed by atoms with Crippen molar-refractivity contribution >= 4 is 29.3 Å². The van der Waals surface area contributed by atoms with Crippen molar-refractivity contribution in [3.05, 3.63) is 41.6 Å². The number of benzene rings is 1. The maximum atomic E-state index is 12.1. The van der Waals surface area contributed by atoms with Gasteiger partial charge in [0.15, 0.2) is 0 Å². The number of anilines is 1. The van der Waals surface area contributed by atoms with E-state index in [2.05, 4.69) is 17.6 Å². The zero-order chi connectivity index (χ0) is 20.6. The lowest BCUT2D eigenvalue weighted by molar-refractivity contribution is -0.139. The summed E-state index contributed by atoms with van der Waals surface area (Å²) in [4.78, 5) is 35.3. The van der Waals surface area contributed by atoms with Crippen LogP contribution in [0.3, 0.4) is 0 Å².